The third-order valence-corrected chi connectivity index (χ3v) is 4.43. The molecular weight excluding hydrogens is 308 g/mol. The molecule has 24 heavy (non-hydrogen) atoms. The summed E-state index contributed by atoms with van der Waals surface area (Å²) in [6.07, 6.45) is 3.00. The maximum absolute atomic E-state index is 12.7. The summed E-state index contributed by atoms with van der Waals surface area (Å²) in [6, 6.07) is 2.86. The van der Waals surface area contributed by atoms with Gasteiger partial charge in [-0.1, -0.05) is 20.8 Å². The zero-order chi connectivity index (χ0) is 17.9. The molecule has 0 radical (unpaired) electrons. The minimum atomic E-state index is -0.724. The van der Waals surface area contributed by atoms with Crippen LogP contribution in [0.25, 0.3) is 0 Å². The van der Waals surface area contributed by atoms with Gasteiger partial charge < -0.3 is 19.7 Å². The molecule has 0 bridgehead atoms. The maximum atomic E-state index is 12.7. The van der Waals surface area contributed by atoms with Gasteiger partial charge in [-0.25, -0.2) is 0 Å². The summed E-state index contributed by atoms with van der Waals surface area (Å²) in [6.45, 7) is 7.82. The van der Waals surface area contributed by atoms with Crippen molar-refractivity contribution in [2.45, 2.75) is 65.1 Å². The molecule has 0 saturated carbocycles. The lowest BCUT2D eigenvalue weighted by molar-refractivity contribution is -0.139. The van der Waals surface area contributed by atoms with Gasteiger partial charge in [-0.2, -0.15) is 0 Å². The highest BCUT2D eigenvalue weighted by Gasteiger charge is 2.34. The number of furan rings is 1. The number of carbonyl (C=O) groups excluding carboxylic acids is 2. The molecule has 1 aromatic rings. The number of aliphatic hydroxyl groups is 1. The molecule has 0 spiro atoms. The van der Waals surface area contributed by atoms with E-state index in [1.807, 2.05) is 20.8 Å². The highest BCUT2D eigenvalue weighted by atomic mass is 16.4. The summed E-state index contributed by atoms with van der Waals surface area (Å²) in [7, 11) is 0. The van der Waals surface area contributed by atoms with Gasteiger partial charge >= 0.3 is 0 Å². The molecule has 1 aromatic heterocycles. The van der Waals surface area contributed by atoms with Crippen LogP contribution in [0.2, 0.25) is 0 Å². The first-order chi connectivity index (χ1) is 11.2. The lowest BCUT2D eigenvalue weighted by Gasteiger charge is -2.30. The van der Waals surface area contributed by atoms with Crippen molar-refractivity contribution in [2.75, 3.05) is 6.54 Å². The van der Waals surface area contributed by atoms with Gasteiger partial charge in [0.2, 0.25) is 11.8 Å². The van der Waals surface area contributed by atoms with Crippen LogP contribution in [0.3, 0.4) is 0 Å². The van der Waals surface area contributed by atoms with Gasteiger partial charge in [-0.3, -0.25) is 9.59 Å². The highest BCUT2D eigenvalue weighted by Crippen LogP contribution is 2.28. The molecule has 2 rings (SSSR count). The van der Waals surface area contributed by atoms with E-state index in [0.29, 0.717) is 18.7 Å². The van der Waals surface area contributed by atoms with Crippen LogP contribution in [0.1, 0.15) is 58.8 Å². The van der Waals surface area contributed by atoms with E-state index in [-0.39, 0.29) is 17.9 Å². The van der Waals surface area contributed by atoms with Crippen molar-refractivity contribution in [3.05, 3.63) is 24.2 Å². The van der Waals surface area contributed by atoms with Crippen molar-refractivity contribution in [1.82, 2.24) is 10.2 Å². The molecule has 1 aliphatic heterocycles. The van der Waals surface area contributed by atoms with Gasteiger partial charge in [0.25, 0.3) is 0 Å². The van der Waals surface area contributed by atoms with Crippen molar-refractivity contribution in [3.8, 4) is 0 Å². The summed E-state index contributed by atoms with van der Waals surface area (Å²) < 4.78 is 5.23. The number of carbonyl (C=O) groups is 2. The molecule has 3 unspecified atom stereocenters. The van der Waals surface area contributed by atoms with Crippen LogP contribution in [0.4, 0.5) is 0 Å². The second-order valence-corrected chi connectivity index (χ2v) is 7.54. The Bertz CT molecular complexity index is 562. The Kier molecular flexibility index (Phi) is 5.70. The van der Waals surface area contributed by atoms with Crippen LogP contribution >= 0.6 is 0 Å². The topological polar surface area (TPSA) is 82.8 Å². The summed E-state index contributed by atoms with van der Waals surface area (Å²) in [5, 5.41) is 13.0. The zero-order valence-corrected chi connectivity index (χ0v) is 14.9. The van der Waals surface area contributed by atoms with Gasteiger partial charge in [0, 0.05) is 24.4 Å². The Labute approximate surface area is 143 Å². The Hall–Kier alpha value is -1.82. The van der Waals surface area contributed by atoms with E-state index in [9.17, 15) is 14.7 Å². The first-order valence-electron chi connectivity index (χ1n) is 8.53. The minimum Gasteiger partial charge on any atom is -0.467 e. The van der Waals surface area contributed by atoms with Crippen LogP contribution in [0, 0.1) is 5.41 Å². The fraction of sp³-hybridized carbons (Fsp3) is 0.667. The van der Waals surface area contributed by atoms with E-state index in [1.165, 1.54) is 6.26 Å². The number of nitrogens with zero attached hydrogens (tertiary/aromatic N) is 1. The number of amides is 2. The number of hydrogen-bond acceptors (Lipinski definition) is 4. The number of rotatable bonds is 5. The average molecular weight is 336 g/mol. The smallest absolute Gasteiger partial charge is 0.245 e. The highest BCUT2D eigenvalue weighted by molar-refractivity contribution is 5.89. The molecule has 6 nitrogen and oxygen atoms in total. The van der Waals surface area contributed by atoms with Crippen molar-refractivity contribution in [3.63, 3.8) is 0 Å². The first kappa shape index (κ1) is 18.5. The van der Waals surface area contributed by atoms with Gasteiger partial charge in [0.15, 0.2) is 0 Å². The molecule has 134 valence electrons. The summed E-state index contributed by atoms with van der Waals surface area (Å²) in [4.78, 5) is 26.5. The Morgan fingerprint density at radius 1 is 1.46 bits per heavy atom. The minimum absolute atomic E-state index is 0.0356. The summed E-state index contributed by atoms with van der Waals surface area (Å²) >= 11 is 0. The van der Waals surface area contributed by atoms with Crippen molar-refractivity contribution < 1.29 is 19.1 Å². The Morgan fingerprint density at radius 2 is 2.17 bits per heavy atom. The number of likely N-dealkylation sites (tertiary alicyclic amines) is 1. The lowest BCUT2D eigenvalue weighted by Crippen LogP contribution is -2.51. The lowest BCUT2D eigenvalue weighted by atomic mass is 9.95. The number of hydrogen-bond donors (Lipinski definition) is 2. The molecule has 0 aromatic carbocycles. The van der Waals surface area contributed by atoms with Crippen LogP contribution in [-0.4, -0.2) is 40.4 Å². The normalized spacial score (nSPS) is 20.7. The predicted molar refractivity (Wildman–Crippen MR) is 90.1 cm³/mol. The van der Waals surface area contributed by atoms with E-state index < -0.39 is 17.6 Å². The van der Waals surface area contributed by atoms with Crippen LogP contribution in [0.5, 0.6) is 0 Å². The van der Waals surface area contributed by atoms with E-state index in [0.717, 1.165) is 12.8 Å². The second-order valence-electron chi connectivity index (χ2n) is 7.54. The Balaban J connectivity index is 1.96. The SMILES string of the molecule is CC(NC(=O)C(C)(C)C)C(=O)N1CCCC1CC(O)c1ccco1. The van der Waals surface area contributed by atoms with Crippen LogP contribution in [0.15, 0.2) is 22.8 Å². The fourth-order valence-electron chi connectivity index (χ4n) is 2.95. The van der Waals surface area contributed by atoms with Crippen LogP contribution in [-0.2, 0) is 9.59 Å². The molecule has 2 N–H and O–H groups in total. The molecule has 1 saturated heterocycles. The quantitative estimate of drug-likeness (QED) is 0.864. The molecule has 1 aliphatic rings. The van der Waals surface area contributed by atoms with Crippen molar-refractivity contribution in [2.24, 2.45) is 5.41 Å². The van der Waals surface area contributed by atoms with Crippen LogP contribution < -0.4 is 5.32 Å². The number of aliphatic hydroxyl groups excluding tert-OH is 1. The third kappa shape index (κ3) is 4.38. The largest absolute Gasteiger partial charge is 0.467 e. The van der Waals surface area contributed by atoms with E-state index in [1.54, 1.807) is 24.0 Å². The Morgan fingerprint density at radius 3 is 2.75 bits per heavy atom. The molecule has 2 heterocycles. The van der Waals surface area contributed by atoms with E-state index in [4.69, 9.17) is 4.42 Å². The zero-order valence-electron chi connectivity index (χ0n) is 14.9. The van der Waals surface area contributed by atoms with Gasteiger partial charge in [0.1, 0.15) is 17.9 Å². The summed E-state index contributed by atoms with van der Waals surface area (Å²) in [5.41, 5.74) is -0.533. The number of nitrogens with one attached hydrogen (secondary N) is 1. The van der Waals surface area contributed by atoms with E-state index >= 15 is 0 Å². The molecule has 6 heteroatoms. The van der Waals surface area contributed by atoms with Gasteiger partial charge in [0.05, 0.1) is 6.26 Å². The molecule has 3 atom stereocenters. The second kappa shape index (κ2) is 7.38. The maximum Gasteiger partial charge on any atom is 0.245 e. The molecule has 2 amide bonds. The monoisotopic (exact) mass is 336 g/mol. The van der Waals surface area contributed by atoms with Gasteiger partial charge in [-0.15, -0.1) is 0 Å². The van der Waals surface area contributed by atoms with Gasteiger partial charge in [-0.05, 0) is 31.9 Å². The molecule has 0 aliphatic carbocycles. The standard InChI is InChI=1S/C18H28N2O4/c1-12(19-17(23)18(2,3)4)16(22)20-9-5-7-13(20)11-14(21)15-8-6-10-24-15/h6,8,10,12-14,21H,5,7,9,11H2,1-4H3,(H,19,23). The first-order valence-corrected chi connectivity index (χ1v) is 8.53. The third-order valence-electron chi connectivity index (χ3n) is 4.43. The molecule has 1 fully saturated rings. The van der Waals surface area contributed by atoms with Crippen molar-refractivity contribution in [1.29, 1.82) is 0 Å². The fourth-order valence-corrected chi connectivity index (χ4v) is 2.95. The summed E-state index contributed by atoms with van der Waals surface area (Å²) in [5.74, 6) is 0.278. The average Bonchev–Trinajstić information content (AvgIpc) is 3.16. The predicted octanol–water partition coefficient (Wildman–Crippen LogP) is 2.24. The van der Waals surface area contributed by atoms with Crippen molar-refractivity contribution >= 4 is 11.8 Å². The molecular formula is C18H28N2O4. The van der Waals surface area contributed by atoms with E-state index in [2.05, 4.69) is 5.32 Å².